The number of hydrogen-bond donors (Lipinski definition) is 5. The fraction of sp³-hybridized carbons (Fsp3) is 0.250. The van der Waals surface area contributed by atoms with Gasteiger partial charge < -0.3 is 31.3 Å². The Balaban J connectivity index is 1.80. The minimum atomic E-state index is -1.36. The molecular weight excluding hydrogens is 512 g/mol. The molecule has 3 atom stereocenters. The molecule has 0 fully saturated rings. The number of nitrogens with two attached hydrogens (primary N) is 1. The number of nitrogens with one attached hydrogen (secondary N) is 2. The molecule has 0 unspecified atom stereocenters. The van der Waals surface area contributed by atoms with Crippen molar-refractivity contribution in [2.45, 2.75) is 37.4 Å². The lowest BCUT2D eigenvalue weighted by Gasteiger charge is -2.24. The van der Waals surface area contributed by atoms with Crippen LogP contribution in [0.2, 0.25) is 0 Å². The van der Waals surface area contributed by atoms with Crippen molar-refractivity contribution in [3.05, 3.63) is 95.1 Å². The highest BCUT2D eigenvalue weighted by Crippen LogP contribution is 2.25. The summed E-state index contributed by atoms with van der Waals surface area (Å²) in [6.45, 7) is 0. The minimum Gasteiger partial charge on any atom is -0.504 e. The Morgan fingerprint density at radius 3 is 1.87 bits per heavy atom. The van der Waals surface area contributed by atoms with E-state index in [0.717, 1.165) is 7.11 Å². The zero-order valence-corrected chi connectivity index (χ0v) is 21.1. The number of amides is 2. The number of hydrogen-bond acceptors (Lipinski definition) is 7. The fourth-order valence-electron chi connectivity index (χ4n) is 3.91. The Hall–Kier alpha value is -4.51. The van der Waals surface area contributed by atoms with E-state index in [4.69, 9.17) is 10.5 Å². The van der Waals surface area contributed by atoms with E-state index in [-0.39, 0.29) is 41.9 Å². The zero-order valence-electron chi connectivity index (χ0n) is 21.1. The largest absolute Gasteiger partial charge is 0.504 e. The van der Waals surface area contributed by atoms with Gasteiger partial charge in [-0.25, -0.2) is 13.6 Å². The molecule has 3 aromatic carbocycles. The standard InChI is InChI=1S/C28H29F2N3O6/c1-39-28(38)23(15-18-7-3-5-9-20(18)30)33-27(37)22(14-17-6-2-4-8-19(17)29)32-26(36)21(31)12-16-10-11-24(34)25(35)13-16/h2-11,13,21-23,34-35H,12,14-15,31H2,1H3,(H,32,36)(H,33,37)/t21-,22+,23+/m0/s1. The molecule has 3 aromatic rings. The van der Waals surface area contributed by atoms with Crippen LogP contribution in [0.5, 0.6) is 11.5 Å². The Labute approximate surface area is 223 Å². The molecule has 0 aliphatic carbocycles. The molecule has 9 nitrogen and oxygen atoms in total. The first-order valence-electron chi connectivity index (χ1n) is 12.0. The summed E-state index contributed by atoms with van der Waals surface area (Å²) >= 11 is 0. The van der Waals surface area contributed by atoms with Crippen molar-refractivity contribution in [1.82, 2.24) is 10.6 Å². The van der Waals surface area contributed by atoms with Gasteiger partial charge >= 0.3 is 5.97 Å². The van der Waals surface area contributed by atoms with Crippen LogP contribution in [0.15, 0.2) is 66.7 Å². The maximum atomic E-state index is 14.4. The van der Waals surface area contributed by atoms with Gasteiger partial charge in [-0.15, -0.1) is 0 Å². The zero-order chi connectivity index (χ0) is 28.5. The van der Waals surface area contributed by atoms with Gasteiger partial charge in [-0.05, 0) is 47.4 Å². The lowest BCUT2D eigenvalue weighted by molar-refractivity contribution is -0.145. The van der Waals surface area contributed by atoms with E-state index in [0.29, 0.717) is 5.56 Å². The highest BCUT2D eigenvalue weighted by Gasteiger charge is 2.30. The van der Waals surface area contributed by atoms with Crippen molar-refractivity contribution in [3.8, 4) is 11.5 Å². The van der Waals surface area contributed by atoms with Crippen LogP contribution in [0.25, 0.3) is 0 Å². The molecular formula is C28H29F2N3O6. The van der Waals surface area contributed by atoms with Crippen LogP contribution < -0.4 is 16.4 Å². The number of esters is 1. The molecule has 206 valence electrons. The first kappa shape index (κ1) is 29.1. The van der Waals surface area contributed by atoms with E-state index in [9.17, 15) is 33.4 Å². The van der Waals surface area contributed by atoms with E-state index >= 15 is 0 Å². The predicted octanol–water partition coefficient (Wildman–Crippen LogP) is 1.87. The highest BCUT2D eigenvalue weighted by atomic mass is 19.1. The van der Waals surface area contributed by atoms with E-state index in [2.05, 4.69) is 10.6 Å². The third kappa shape index (κ3) is 7.99. The van der Waals surface area contributed by atoms with Crippen LogP contribution in [-0.4, -0.2) is 53.2 Å². The van der Waals surface area contributed by atoms with Gasteiger partial charge in [0, 0.05) is 12.8 Å². The summed E-state index contributed by atoms with van der Waals surface area (Å²) < 4.78 is 33.4. The number of rotatable bonds is 11. The highest BCUT2D eigenvalue weighted by molar-refractivity contribution is 5.92. The van der Waals surface area contributed by atoms with E-state index in [1.807, 2.05) is 0 Å². The number of benzene rings is 3. The normalized spacial score (nSPS) is 13.1. The second kappa shape index (κ2) is 13.3. The van der Waals surface area contributed by atoms with E-state index in [1.54, 1.807) is 12.1 Å². The van der Waals surface area contributed by atoms with Crippen LogP contribution in [0.4, 0.5) is 8.78 Å². The van der Waals surface area contributed by atoms with Crippen LogP contribution in [-0.2, 0) is 38.4 Å². The van der Waals surface area contributed by atoms with Crippen LogP contribution in [0.1, 0.15) is 16.7 Å². The van der Waals surface area contributed by atoms with Crippen molar-refractivity contribution >= 4 is 17.8 Å². The molecule has 0 radical (unpaired) electrons. The number of carbonyl (C=O) groups is 3. The van der Waals surface area contributed by atoms with Crippen LogP contribution in [0.3, 0.4) is 0 Å². The molecule has 0 heterocycles. The summed E-state index contributed by atoms with van der Waals surface area (Å²) in [7, 11) is 1.11. The van der Waals surface area contributed by atoms with Gasteiger partial charge in [-0.1, -0.05) is 42.5 Å². The van der Waals surface area contributed by atoms with Gasteiger partial charge in [0.15, 0.2) is 11.5 Å². The van der Waals surface area contributed by atoms with Gasteiger partial charge in [0.1, 0.15) is 23.7 Å². The van der Waals surface area contributed by atoms with Gasteiger partial charge in [0.05, 0.1) is 13.2 Å². The minimum absolute atomic E-state index is 0.0498. The van der Waals surface area contributed by atoms with Gasteiger partial charge in [0.25, 0.3) is 0 Å². The number of halogens is 2. The number of aromatic hydroxyl groups is 2. The summed E-state index contributed by atoms with van der Waals surface area (Å²) in [4.78, 5) is 38.7. The Bertz CT molecular complexity index is 1340. The Morgan fingerprint density at radius 2 is 1.33 bits per heavy atom. The molecule has 0 spiro atoms. The molecule has 0 bridgehead atoms. The molecule has 11 heteroatoms. The van der Waals surface area contributed by atoms with Crippen molar-refractivity contribution in [1.29, 1.82) is 0 Å². The number of ether oxygens (including phenoxy) is 1. The molecule has 0 aliphatic heterocycles. The maximum Gasteiger partial charge on any atom is 0.328 e. The monoisotopic (exact) mass is 541 g/mol. The van der Waals surface area contributed by atoms with Crippen LogP contribution >= 0.6 is 0 Å². The summed E-state index contributed by atoms with van der Waals surface area (Å²) in [5.74, 6) is -4.36. The Kier molecular flexibility index (Phi) is 9.93. The quantitative estimate of drug-likeness (QED) is 0.184. The Morgan fingerprint density at radius 1 is 0.795 bits per heavy atom. The van der Waals surface area contributed by atoms with E-state index in [1.165, 1.54) is 54.6 Å². The predicted molar refractivity (Wildman–Crippen MR) is 138 cm³/mol. The van der Waals surface area contributed by atoms with Gasteiger partial charge in [-0.3, -0.25) is 9.59 Å². The van der Waals surface area contributed by atoms with Gasteiger partial charge in [0.2, 0.25) is 11.8 Å². The topological polar surface area (TPSA) is 151 Å². The number of carbonyl (C=O) groups excluding carboxylic acids is 3. The molecule has 6 N–H and O–H groups in total. The molecule has 0 aromatic heterocycles. The number of methoxy groups -OCH3 is 1. The second-order valence-electron chi connectivity index (χ2n) is 8.87. The maximum absolute atomic E-state index is 14.4. The lowest BCUT2D eigenvalue weighted by Crippen LogP contribution is -2.56. The number of phenolic OH excluding ortho intramolecular Hbond substituents is 2. The molecule has 0 saturated heterocycles. The number of phenols is 2. The molecule has 2 amide bonds. The van der Waals surface area contributed by atoms with Crippen molar-refractivity contribution in [2.75, 3.05) is 7.11 Å². The van der Waals surface area contributed by atoms with Crippen molar-refractivity contribution in [3.63, 3.8) is 0 Å². The molecule has 3 rings (SSSR count). The fourth-order valence-corrected chi connectivity index (χ4v) is 3.91. The molecule has 0 aliphatic rings. The van der Waals surface area contributed by atoms with E-state index < -0.39 is 47.5 Å². The summed E-state index contributed by atoms with van der Waals surface area (Å²) in [5.41, 5.74) is 6.74. The average Bonchev–Trinajstić information content (AvgIpc) is 2.91. The summed E-state index contributed by atoms with van der Waals surface area (Å²) in [6.07, 6.45) is -0.550. The first-order valence-corrected chi connectivity index (χ1v) is 12.0. The first-order chi connectivity index (χ1) is 18.6. The van der Waals surface area contributed by atoms with Crippen LogP contribution in [0, 0.1) is 11.6 Å². The molecule has 0 saturated carbocycles. The summed E-state index contributed by atoms with van der Waals surface area (Å²) in [5, 5.41) is 24.1. The van der Waals surface area contributed by atoms with Crippen molar-refractivity contribution in [2.24, 2.45) is 5.73 Å². The summed E-state index contributed by atoms with van der Waals surface area (Å²) in [6, 6.07) is 11.5. The smallest absolute Gasteiger partial charge is 0.328 e. The average molecular weight is 542 g/mol. The SMILES string of the molecule is COC(=O)[C@@H](Cc1ccccc1F)NC(=O)[C@@H](Cc1ccccc1F)NC(=O)[C@@H](N)Cc1ccc(O)c(O)c1. The molecule has 39 heavy (non-hydrogen) atoms. The van der Waals surface area contributed by atoms with Gasteiger partial charge in [-0.2, -0.15) is 0 Å². The second-order valence-corrected chi connectivity index (χ2v) is 8.87. The third-order valence-corrected chi connectivity index (χ3v) is 6.03. The lowest BCUT2D eigenvalue weighted by atomic mass is 10.0. The van der Waals surface area contributed by atoms with Crippen molar-refractivity contribution < 1.29 is 38.1 Å². The third-order valence-electron chi connectivity index (χ3n) is 6.03.